The van der Waals surface area contributed by atoms with E-state index in [9.17, 15) is 32.5 Å². The van der Waals surface area contributed by atoms with E-state index < -0.39 is 49.6 Å². The standard InChI is InChI=1S/C17H15FN2O7S/c1-28(25,26)15-7-6-11(8-14(15)20(23)24)17(22)27-10-16(21)19-9-12-4-2-3-5-13(12)18/h2-8H,9-10H2,1H3,(H,19,21). The fourth-order valence-electron chi connectivity index (χ4n) is 2.20. The second-order valence-electron chi connectivity index (χ2n) is 5.66. The zero-order chi connectivity index (χ0) is 20.9. The molecule has 0 spiro atoms. The fourth-order valence-corrected chi connectivity index (χ4v) is 3.03. The van der Waals surface area contributed by atoms with Crippen molar-refractivity contribution in [2.24, 2.45) is 0 Å². The smallest absolute Gasteiger partial charge is 0.338 e. The minimum Gasteiger partial charge on any atom is -0.452 e. The highest BCUT2D eigenvalue weighted by Crippen LogP contribution is 2.25. The third kappa shape index (κ3) is 5.33. The highest BCUT2D eigenvalue weighted by molar-refractivity contribution is 7.90. The molecule has 0 aliphatic carbocycles. The summed E-state index contributed by atoms with van der Waals surface area (Å²) in [4.78, 5) is 33.3. The molecule has 0 saturated carbocycles. The van der Waals surface area contributed by atoms with E-state index in [0.29, 0.717) is 0 Å². The van der Waals surface area contributed by atoms with E-state index in [1.165, 1.54) is 18.2 Å². The van der Waals surface area contributed by atoms with Crippen LogP contribution in [0, 0.1) is 15.9 Å². The summed E-state index contributed by atoms with van der Waals surface area (Å²) < 4.78 is 41.3. The summed E-state index contributed by atoms with van der Waals surface area (Å²) in [6, 6.07) is 8.52. The first-order valence-electron chi connectivity index (χ1n) is 7.75. The number of esters is 1. The van der Waals surface area contributed by atoms with E-state index in [0.717, 1.165) is 24.5 Å². The highest BCUT2D eigenvalue weighted by atomic mass is 32.2. The molecule has 11 heteroatoms. The average Bonchev–Trinajstić information content (AvgIpc) is 2.64. The summed E-state index contributed by atoms with van der Waals surface area (Å²) in [6.45, 7) is -0.813. The third-order valence-electron chi connectivity index (χ3n) is 3.56. The van der Waals surface area contributed by atoms with Crippen molar-refractivity contribution in [2.45, 2.75) is 11.4 Å². The van der Waals surface area contributed by atoms with E-state index >= 15 is 0 Å². The van der Waals surface area contributed by atoms with Gasteiger partial charge in [0.15, 0.2) is 16.4 Å². The summed E-state index contributed by atoms with van der Waals surface area (Å²) in [7, 11) is -3.87. The molecule has 0 aliphatic heterocycles. The number of nitrogens with one attached hydrogen (secondary N) is 1. The molecule has 0 radical (unpaired) electrons. The Morgan fingerprint density at radius 1 is 1.21 bits per heavy atom. The minimum absolute atomic E-state index is 0.114. The molecule has 2 rings (SSSR count). The minimum atomic E-state index is -3.87. The number of amides is 1. The number of carbonyl (C=O) groups excluding carboxylic acids is 2. The number of nitro groups is 1. The van der Waals surface area contributed by atoms with Gasteiger partial charge in [-0.3, -0.25) is 14.9 Å². The molecule has 0 saturated heterocycles. The third-order valence-corrected chi connectivity index (χ3v) is 4.70. The zero-order valence-corrected chi connectivity index (χ0v) is 15.4. The van der Waals surface area contributed by atoms with Gasteiger partial charge in [-0.2, -0.15) is 0 Å². The molecular formula is C17H15FN2O7S. The van der Waals surface area contributed by atoms with Crippen molar-refractivity contribution in [3.63, 3.8) is 0 Å². The van der Waals surface area contributed by atoms with E-state index in [1.807, 2.05) is 0 Å². The van der Waals surface area contributed by atoms with Crippen LogP contribution in [-0.4, -0.2) is 38.1 Å². The van der Waals surface area contributed by atoms with Crippen LogP contribution in [0.2, 0.25) is 0 Å². The number of rotatable bonds is 7. The first-order valence-corrected chi connectivity index (χ1v) is 9.64. The van der Waals surface area contributed by atoms with E-state index in [4.69, 9.17) is 4.74 Å². The number of nitro benzene ring substituents is 1. The molecule has 9 nitrogen and oxygen atoms in total. The average molecular weight is 410 g/mol. The van der Waals surface area contributed by atoms with Crippen molar-refractivity contribution in [2.75, 3.05) is 12.9 Å². The van der Waals surface area contributed by atoms with Crippen molar-refractivity contribution >= 4 is 27.4 Å². The van der Waals surface area contributed by atoms with Gasteiger partial charge in [-0.25, -0.2) is 17.6 Å². The Morgan fingerprint density at radius 3 is 2.50 bits per heavy atom. The highest BCUT2D eigenvalue weighted by Gasteiger charge is 2.24. The predicted molar refractivity (Wildman–Crippen MR) is 94.7 cm³/mol. The molecule has 0 bridgehead atoms. The Morgan fingerprint density at radius 2 is 1.89 bits per heavy atom. The summed E-state index contributed by atoms with van der Waals surface area (Å²) >= 11 is 0. The van der Waals surface area contributed by atoms with Gasteiger partial charge >= 0.3 is 5.97 Å². The monoisotopic (exact) mass is 410 g/mol. The van der Waals surface area contributed by atoms with Gasteiger partial charge in [0, 0.05) is 24.4 Å². The first-order chi connectivity index (χ1) is 13.1. The summed E-state index contributed by atoms with van der Waals surface area (Å²) in [5.74, 6) is -2.26. The van der Waals surface area contributed by atoms with Crippen LogP contribution in [0.5, 0.6) is 0 Å². The first kappa shape index (κ1) is 21.0. The van der Waals surface area contributed by atoms with Crippen molar-refractivity contribution in [1.29, 1.82) is 0 Å². The van der Waals surface area contributed by atoms with E-state index in [1.54, 1.807) is 6.07 Å². The summed E-state index contributed by atoms with van der Waals surface area (Å²) in [5.41, 5.74) is -0.823. The summed E-state index contributed by atoms with van der Waals surface area (Å²) in [5, 5.41) is 13.4. The second kappa shape index (κ2) is 8.57. The Labute approximate surface area is 159 Å². The topological polar surface area (TPSA) is 133 Å². The number of nitrogens with zero attached hydrogens (tertiary/aromatic N) is 1. The summed E-state index contributed by atoms with van der Waals surface area (Å²) in [6.07, 6.45) is 0.799. The second-order valence-corrected chi connectivity index (χ2v) is 7.64. The van der Waals surface area contributed by atoms with Crippen LogP contribution in [0.25, 0.3) is 0 Å². The number of carbonyl (C=O) groups is 2. The quantitative estimate of drug-likeness (QED) is 0.416. The van der Waals surface area contributed by atoms with Gasteiger partial charge in [-0.15, -0.1) is 0 Å². The number of sulfone groups is 1. The molecule has 0 heterocycles. The molecule has 0 aromatic heterocycles. The van der Waals surface area contributed by atoms with Crippen molar-refractivity contribution < 1.29 is 32.1 Å². The van der Waals surface area contributed by atoms with Gasteiger partial charge in [-0.05, 0) is 18.2 Å². The molecular weight excluding hydrogens is 395 g/mol. The molecule has 0 aliphatic rings. The maximum absolute atomic E-state index is 13.5. The maximum Gasteiger partial charge on any atom is 0.338 e. The zero-order valence-electron chi connectivity index (χ0n) is 14.5. The van der Waals surface area contributed by atoms with Crippen molar-refractivity contribution in [3.05, 3.63) is 69.5 Å². The van der Waals surface area contributed by atoms with Gasteiger partial charge < -0.3 is 10.1 Å². The lowest BCUT2D eigenvalue weighted by Crippen LogP contribution is -2.28. The SMILES string of the molecule is CS(=O)(=O)c1ccc(C(=O)OCC(=O)NCc2ccccc2F)cc1[N+](=O)[O-]. The largest absolute Gasteiger partial charge is 0.452 e. The number of benzene rings is 2. The normalized spacial score (nSPS) is 10.9. The van der Waals surface area contributed by atoms with Crippen LogP contribution in [0.15, 0.2) is 47.4 Å². The van der Waals surface area contributed by atoms with Crippen LogP contribution in [0.3, 0.4) is 0 Å². The molecule has 1 amide bonds. The fraction of sp³-hybridized carbons (Fsp3) is 0.176. The van der Waals surface area contributed by atoms with Gasteiger partial charge in [0.2, 0.25) is 0 Å². The molecule has 1 N–H and O–H groups in total. The Balaban J connectivity index is 2.01. The van der Waals surface area contributed by atoms with Gasteiger partial charge in [0.25, 0.3) is 11.6 Å². The van der Waals surface area contributed by atoms with Crippen molar-refractivity contribution in [1.82, 2.24) is 5.32 Å². The molecule has 2 aromatic rings. The van der Waals surface area contributed by atoms with Crippen LogP contribution in [0.4, 0.5) is 10.1 Å². The lowest BCUT2D eigenvalue weighted by Gasteiger charge is -2.08. The number of ether oxygens (including phenoxy) is 1. The number of hydrogen-bond acceptors (Lipinski definition) is 7. The van der Waals surface area contributed by atoms with Crippen LogP contribution >= 0.6 is 0 Å². The maximum atomic E-state index is 13.5. The number of halogens is 1. The van der Waals surface area contributed by atoms with Gasteiger partial charge in [0.05, 0.1) is 10.5 Å². The molecule has 0 fully saturated rings. The van der Waals surface area contributed by atoms with Crippen LogP contribution in [0.1, 0.15) is 15.9 Å². The molecule has 148 valence electrons. The Bertz CT molecular complexity index is 1040. The lowest BCUT2D eigenvalue weighted by molar-refractivity contribution is -0.387. The molecule has 0 unspecified atom stereocenters. The van der Waals surface area contributed by atoms with Gasteiger partial charge in [-0.1, -0.05) is 18.2 Å². The van der Waals surface area contributed by atoms with Crippen LogP contribution in [-0.2, 0) is 25.9 Å². The predicted octanol–water partition coefficient (Wildman–Crippen LogP) is 1.61. The van der Waals surface area contributed by atoms with E-state index in [-0.39, 0.29) is 17.7 Å². The molecule has 0 atom stereocenters. The number of hydrogen-bond donors (Lipinski definition) is 1. The Kier molecular flexibility index (Phi) is 6.41. The Hall–Kier alpha value is -3.34. The lowest BCUT2D eigenvalue weighted by atomic mass is 10.2. The molecule has 2 aromatic carbocycles. The van der Waals surface area contributed by atoms with E-state index in [2.05, 4.69) is 5.32 Å². The molecule has 28 heavy (non-hydrogen) atoms. The van der Waals surface area contributed by atoms with Crippen molar-refractivity contribution in [3.8, 4) is 0 Å². The van der Waals surface area contributed by atoms with Crippen LogP contribution < -0.4 is 5.32 Å². The van der Waals surface area contributed by atoms with Gasteiger partial charge in [0.1, 0.15) is 10.7 Å².